The number of ether oxygens (including phenoxy) is 2. The maximum absolute atomic E-state index is 11.0. The molecule has 0 aliphatic carbocycles. The van der Waals surface area contributed by atoms with Crippen LogP contribution in [0.25, 0.3) is 0 Å². The summed E-state index contributed by atoms with van der Waals surface area (Å²) in [6.45, 7) is 6.52. The molecule has 0 unspecified atom stereocenters. The average molecular weight is 172 g/mol. The summed E-state index contributed by atoms with van der Waals surface area (Å²) in [7, 11) is 1.59. The minimum atomic E-state index is -0.311. The second-order valence-electron chi connectivity index (χ2n) is 2.48. The Labute approximate surface area is 73.4 Å². The number of hydrogen-bond acceptors (Lipinski definition) is 3. The first-order valence-electron chi connectivity index (χ1n) is 4.06. The highest BCUT2D eigenvalue weighted by molar-refractivity contribution is 5.87. The van der Waals surface area contributed by atoms with Crippen LogP contribution in [0.5, 0.6) is 0 Å². The van der Waals surface area contributed by atoms with Crippen LogP contribution in [-0.4, -0.2) is 26.3 Å². The summed E-state index contributed by atoms with van der Waals surface area (Å²) in [5.41, 5.74) is 0.477. The number of hydrogen-bond donors (Lipinski definition) is 0. The molecule has 0 saturated heterocycles. The van der Waals surface area contributed by atoms with E-state index in [4.69, 9.17) is 9.47 Å². The molecule has 0 aromatic rings. The minimum Gasteiger partial charge on any atom is -0.462 e. The number of rotatable bonds is 6. The Hall–Kier alpha value is -0.830. The van der Waals surface area contributed by atoms with E-state index in [0.717, 1.165) is 6.42 Å². The fraction of sp³-hybridized carbons (Fsp3) is 0.667. The lowest BCUT2D eigenvalue weighted by molar-refractivity contribution is -0.139. The van der Waals surface area contributed by atoms with Gasteiger partial charge in [-0.2, -0.15) is 0 Å². The summed E-state index contributed by atoms with van der Waals surface area (Å²) >= 11 is 0. The highest BCUT2D eigenvalue weighted by Crippen LogP contribution is 2.01. The first-order chi connectivity index (χ1) is 5.72. The van der Waals surface area contributed by atoms with Crippen LogP contribution in [-0.2, 0) is 14.3 Å². The quantitative estimate of drug-likeness (QED) is 0.450. The molecule has 0 radical (unpaired) electrons. The summed E-state index contributed by atoms with van der Waals surface area (Å²) in [6, 6.07) is 0. The third-order valence-electron chi connectivity index (χ3n) is 1.33. The summed E-state index contributed by atoms with van der Waals surface area (Å²) in [4.78, 5) is 11.0. The molecule has 0 fully saturated rings. The monoisotopic (exact) mass is 172 g/mol. The first-order valence-corrected chi connectivity index (χ1v) is 4.06. The normalized spacial score (nSPS) is 9.50. The molecule has 3 nitrogen and oxygen atoms in total. The number of carbonyl (C=O) groups excluding carboxylic acids is 1. The van der Waals surface area contributed by atoms with Gasteiger partial charge in [-0.15, -0.1) is 0 Å². The van der Waals surface area contributed by atoms with Gasteiger partial charge < -0.3 is 9.47 Å². The molecule has 0 aromatic heterocycles. The van der Waals surface area contributed by atoms with Crippen molar-refractivity contribution in [1.29, 1.82) is 0 Å². The Morgan fingerprint density at radius 3 is 2.58 bits per heavy atom. The first kappa shape index (κ1) is 11.2. The van der Waals surface area contributed by atoms with Crippen molar-refractivity contribution in [2.75, 3.05) is 20.3 Å². The second kappa shape index (κ2) is 6.85. The van der Waals surface area contributed by atoms with E-state index in [0.29, 0.717) is 25.2 Å². The summed E-state index contributed by atoms with van der Waals surface area (Å²) < 4.78 is 9.65. The molecule has 0 bridgehead atoms. The van der Waals surface area contributed by atoms with Crippen molar-refractivity contribution in [2.24, 2.45) is 0 Å². The average Bonchev–Trinajstić information content (AvgIpc) is 2.10. The smallest absolute Gasteiger partial charge is 0.333 e. The zero-order chi connectivity index (χ0) is 9.40. The van der Waals surface area contributed by atoms with Crippen LogP contribution in [0.15, 0.2) is 12.2 Å². The predicted octanol–water partition coefficient (Wildman–Crippen LogP) is 1.53. The lowest BCUT2D eigenvalue weighted by Gasteiger charge is -2.04. The Morgan fingerprint density at radius 2 is 2.08 bits per heavy atom. The van der Waals surface area contributed by atoms with Crippen LogP contribution in [0, 0.1) is 0 Å². The second-order valence-corrected chi connectivity index (χ2v) is 2.48. The van der Waals surface area contributed by atoms with Crippen molar-refractivity contribution in [3.05, 3.63) is 12.2 Å². The summed E-state index contributed by atoms with van der Waals surface area (Å²) in [6.07, 6.45) is 1.38. The predicted molar refractivity (Wildman–Crippen MR) is 46.9 cm³/mol. The molecule has 0 aliphatic rings. The van der Waals surface area contributed by atoms with Crippen molar-refractivity contribution >= 4 is 5.97 Å². The van der Waals surface area contributed by atoms with Gasteiger partial charge >= 0.3 is 5.97 Å². The third-order valence-corrected chi connectivity index (χ3v) is 1.33. The van der Waals surface area contributed by atoms with Crippen LogP contribution >= 0.6 is 0 Å². The van der Waals surface area contributed by atoms with Gasteiger partial charge in [0.05, 0.1) is 13.2 Å². The molecule has 0 N–H and O–H groups in total. The fourth-order valence-corrected chi connectivity index (χ4v) is 0.624. The maximum atomic E-state index is 11.0. The van der Waals surface area contributed by atoms with Crippen LogP contribution in [0.2, 0.25) is 0 Å². The largest absolute Gasteiger partial charge is 0.462 e. The van der Waals surface area contributed by atoms with E-state index < -0.39 is 0 Å². The Bertz CT molecular complexity index is 134. The molecule has 0 spiro atoms. The van der Waals surface area contributed by atoms with Gasteiger partial charge in [0.1, 0.15) is 0 Å². The van der Waals surface area contributed by atoms with Crippen LogP contribution in [0.4, 0.5) is 0 Å². The molecular weight excluding hydrogens is 156 g/mol. The zero-order valence-corrected chi connectivity index (χ0v) is 7.76. The SMILES string of the molecule is C=C(CCOC)C(=O)OCCC. The third kappa shape index (κ3) is 4.91. The molecule has 0 saturated carbocycles. The highest BCUT2D eigenvalue weighted by atomic mass is 16.5. The Morgan fingerprint density at radius 1 is 1.42 bits per heavy atom. The molecular formula is C9H16O3. The molecule has 12 heavy (non-hydrogen) atoms. The minimum absolute atomic E-state index is 0.311. The van der Waals surface area contributed by atoms with E-state index in [1.807, 2.05) is 6.92 Å². The maximum Gasteiger partial charge on any atom is 0.333 e. The van der Waals surface area contributed by atoms with Crippen LogP contribution in [0.3, 0.4) is 0 Å². The molecule has 0 rings (SSSR count). The number of carbonyl (C=O) groups is 1. The fourth-order valence-electron chi connectivity index (χ4n) is 0.624. The van der Waals surface area contributed by atoms with Gasteiger partial charge in [0.2, 0.25) is 0 Å². The Kier molecular flexibility index (Phi) is 6.38. The summed E-state index contributed by atoms with van der Waals surface area (Å²) in [5, 5.41) is 0. The van der Waals surface area contributed by atoms with Crippen LogP contribution in [0.1, 0.15) is 19.8 Å². The van der Waals surface area contributed by atoms with E-state index in [1.54, 1.807) is 7.11 Å². The van der Waals surface area contributed by atoms with E-state index in [2.05, 4.69) is 6.58 Å². The van der Waals surface area contributed by atoms with Gasteiger partial charge in [0.15, 0.2) is 0 Å². The standard InChI is InChI=1S/C9H16O3/c1-4-6-12-9(10)8(2)5-7-11-3/h2,4-7H2,1,3H3. The zero-order valence-electron chi connectivity index (χ0n) is 7.76. The molecule has 0 aliphatic heterocycles. The number of methoxy groups -OCH3 is 1. The molecule has 70 valence electrons. The van der Waals surface area contributed by atoms with E-state index in [1.165, 1.54) is 0 Å². The lowest BCUT2D eigenvalue weighted by Crippen LogP contribution is -2.09. The van der Waals surface area contributed by atoms with E-state index >= 15 is 0 Å². The van der Waals surface area contributed by atoms with E-state index in [-0.39, 0.29) is 5.97 Å². The highest BCUT2D eigenvalue weighted by Gasteiger charge is 2.06. The number of esters is 1. The van der Waals surface area contributed by atoms with Crippen molar-refractivity contribution in [3.63, 3.8) is 0 Å². The van der Waals surface area contributed by atoms with Gasteiger partial charge in [0.25, 0.3) is 0 Å². The lowest BCUT2D eigenvalue weighted by atomic mass is 10.2. The van der Waals surface area contributed by atoms with Gasteiger partial charge in [-0.05, 0) is 6.42 Å². The summed E-state index contributed by atoms with van der Waals surface area (Å²) in [5.74, 6) is -0.311. The molecule has 0 heterocycles. The molecule has 0 amide bonds. The van der Waals surface area contributed by atoms with Gasteiger partial charge in [0, 0.05) is 19.1 Å². The van der Waals surface area contributed by atoms with Gasteiger partial charge in [-0.3, -0.25) is 0 Å². The van der Waals surface area contributed by atoms with Crippen molar-refractivity contribution in [1.82, 2.24) is 0 Å². The topological polar surface area (TPSA) is 35.5 Å². The van der Waals surface area contributed by atoms with Gasteiger partial charge in [-0.25, -0.2) is 4.79 Å². The van der Waals surface area contributed by atoms with Crippen LogP contribution < -0.4 is 0 Å². The molecule has 0 aromatic carbocycles. The van der Waals surface area contributed by atoms with Crippen molar-refractivity contribution in [2.45, 2.75) is 19.8 Å². The van der Waals surface area contributed by atoms with Crippen molar-refractivity contribution < 1.29 is 14.3 Å². The van der Waals surface area contributed by atoms with Crippen molar-refractivity contribution in [3.8, 4) is 0 Å². The Balaban J connectivity index is 3.55. The molecule has 3 heteroatoms. The van der Waals surface area contributed by atoms with E-state index in [9.17, 15) is 4.79 Å². The molecule has 0 atom stereocenters. The van der Waals surface area contributed by atoms with Gasteiger partial charge in [-0.1, -0.05) is 13.5 Å².